The first-order chi connectivity index (χ1) is 11.1. The summed E-state index contributed by atoms with van der Waals surface area (Å²) in [5.41, 5.74) is 1.37. The highest BCUT2D eigenvalue weighted by atomic mass is 35.5. The zero-order valence-electron chi connectivity index (χ0n) is 12.9. The van der Waals surface area contributed by atoms with Gasteiger partial charge in [0.05, 0.1) is 15.8 Å². The van der Waals surface area contributed by atoms with Gasteiger partial charge in [0.15, 0.2) is 0 Å². The number of pyridine rings is 1. The van der Waals surface area contributed by atoms with Gasteiger partial charge in [0, 0.05) is 43.6 Å². The topological polar surface area (TPSA) is 25.4 Å². The maximum atomic E-state index is 13.6. The van der Waals surface area contributed by atoms with Crippen molar-refractivity contribution in [2.45, 2.75) is 25.8 Å². The predicted molar refractivity (Wildman–Crippen MR) is 90.8 cm³/mol. The average molecular weight is 357 g/mol. The van der Waals surface area contributed by atoms with Gasteiger partial charge in [-0.3, -0.25) is 0 Å². The number of halogens is 3. The average Bonchev–Trinajstić information content (AvgIpc) is 2.57. The quantitative estimate of drug-likeness (QED) is 0.747. The minimum atomic E-state index is -0.561. The molecule has 0 bridgehead atoms. The van der Waals surface area contributed by atoms with Gasteiger partial charge in [-0.15, -0.1) is 0 Å². The fourth-order valence-corrected chi connectivity index (χ4v) is 3.77. The third-order valence-corrected chi connectivity index (χ3v) is 5.20. The molecule has 0 N–H and O–H groups in total. The largest absolute Gasteiger partial charge is 0.381 e. The zero-order chi connectivity index (χ0) is 16.4. The van der Waals surface area contributed by atoms with Crippen LogP contribution in [0.4, 0.5) is 4.39 Å². The van der Waals surface area contributed by atoms with Crippen LogP contribution in [0, 0.1) is 11.9 Å². The summed E-state index contributed by atoms with van der Waals surface area (Å²) in [6.07, 6.45) is 7.24. The molecule has 1 aromatic rings. The van der Waals surface area contributed by atoms with E-state index in [1.807, 2.05) is 12.2 Å². The summed E-state index contributed by atoms with van der Waals surface area (Å²) in [5.74, 6) is -0.0465. The molecule has 1 atom stereocenters. The molecule has 3 nitrogen and oxygen atoms in total. The number of hydrogen-bond acceptors (Lipinski definition) is 3. The van der Waals surface area contributed by atoms with Crippen LogP contribution in [0.3, 0.4) is 0 Å². The maximum absolute atomic E-state index is 13.6. The Bertz CT molecular complexity index is 641. The van der Waals surface area contributed by atoms with Crippen molar-refractivity contribution in [3.05, 3.63) is 46.0 Å². The zero-order valence-corrected chi connectivity index (χ0v) is 14.4. The van der Waals surface area contributed by atoms with Gasteiger partial charge < -0.3 is 9.64 Å². The van der Waals surface area contributed by atoms with Crippen LogP contribution in [-0.4, -0.2) is 35.7 Å². The van der Waals surface area contributed by atoms with Gasteiger partial charge in [-0.25, -0.2) is 4.98 Å². The summed E-state index contributed by atoms with van der Waals surface area (Å²) in [7, 11) is 0. The van der Waals surface area contributed by atoms with Gasteiger partial charge in [0.2, 0.25) is 5.95 Å². The van der Waals surface area contributed by atoms with Crippen LogP contribution in [0.1, 0.15) is 25.3 Å². The molecule has 1 fully saturated rings. The van der Waals surface area contributed by atoms with Crippen molar-refractivity contribution in [1.29, 1.82) is 0 Å². The Hall–Kier alpha value is -1.10. The highest BCUT2D eigenvalue weighted by Gasteiger charge is 2.30. The molecule has 0 unspecified atom stereocenters. The van der Waals surface area contributed by atoms with E-state index in [9.17, 15) is 4.39 Å². The number of hydrogen-bond donors (Lipinski definition) is 0. The van der Waals surface area contributed by atoms with Crippen molar-refractivity contribution in [2.24, 2.45) is 5.92 Å². The van der Waals surface area contributed by atoms with E-state index in [2.05, 4.69) is 16.8 Å². The predicted octanol–water partition coefficient (Wildman–Crippen LogP) is 4.47. The van der Waals surface area contributed by atoms with Gasteiger partial charge in [0.1, 0.15) is 0 Å². The van der Waals surface area contributed by atoms with Crippen molar-refractivity contribution in [1.82, 2.24) is 9.88 Å². The van der Waals surface area contributed by atoms with Crippen molar-refractivity contribution in [2.75, 3.05) is 19.8 Å². The third-order valence-electron chi connectivity index (χ3n) is 4.60. The van der Waals surface area contributed by atoms with Crippen LogP contribution in [0.2, 0.25) is 5.02 Å². The first-order valence-corrected chi connectivity index (χ1v) is 8.55. The van der Waals surface area contributed by atoms with E-state index in [1.54, 1.807) is 0 Å². The summed E-state index contributed by atoms with van der Waals surface area (Å²) in [4.78, 5) is 5.81. The normalized spacial score (nSPS) is 21.0. The molecule has 1 aromatic heterocycles. The lowest BCUT2D eigenvalue weighted by Gasteiger charge is -2.40. The number of rotatable bonds is 3. The second kappa shape index (κ2) is 7.20. The lowest BCUT2D eigenvalue weighted by molar-refractivity contribution is 0.0433. The molecule has 6 heteroatoms. The maximum Gasteiger partial charge on any atom is 0.213 e. The highest BCUT2D eigenvalue weighted by Crippen LogP contribution is 2.37. The van der Waals surface area contributed by atoms with E-state index in [0.29, 0.717) is 21.5 Å². The van der Waals surface area contributed by atoms with Crippen molar-refractivity contribution in [3.63, 3.8) is 0 Å². The summed E-state index contributed by atoms with van der Waals surface area (Å²) >= 11 is 12.7. The van der Waals surface area contributed by atoms with Crippen molar-refractivity contribution < 1.29 is 9.13 Å². The molecule has 124 valence electrons. The lowest BCUT2D eigenvalue weighted by Crippen LogP contribution is -2.41. The Morgan fingerprint density at radius 1 is 1.35 bits per heavy atom. The monoisotopic (exact) mass is 356 g/mol. The van der Waals surface area contributed by atoms with Gasteiger partial charge in [-0.2, -0.15) is 4.39 Å². The molecule has 23 heavy (non-hydrogen) atoms. The summed E-state index contributed by atoms with van der Waals surface area (Å²) < 4.78 is 19.1. The van der Waals surface area contributed by atoms with Gasteiger partial charge in [0.25, 0.3) is 0 Å². The van der Waals surface area contributed by atoms with Crippen LogP contribution < -0.4 is 0 Å². The van der Waals surface area contributed by atoms with Crippen molar-refractivity contribution >= 4 is 28.9 Å². The van der Waals surface area contributed by atoms with E-state index in [-0.39, 0.29) is 6.04 Å². The molecule has 2 aliphatic heterocycles. The number of allylic oxidation sites excluding steroid dienone is 2. The van der Waals surface area contributed by atoms with Gasteiger partial charge in [-0.1, -0.05) is 29.3 Å². The molecular weight excluding hydrogens is 338 g/mol. The van der Waals surface area contributed by atoms with Crippen LogP contribution in [-0.2, 0) is 4.74 Å². The van der Waals surface area contributed by atoms with Crippen LogP contribution in [0.25, 0.3) is 5.70 Å². The molecule has 3 heterocycles. The fourth-order valence-electron chi connectivity index (χ4n) is 3.28. The molecule has 2 aliphatic rings. The minimum absolute atomic E-state index is 0.264. The Balaban J connectivity index is 1.96. The summed E-state index contributed by atoms with van der Waals surface area (Å²) in [6.45, 7) is 4.49. The fraction of sp³-hybridized carbons (Fsp3) is 0.471. The lowest BCUT2D eigenvalue weighted by atomic mass is 9.90. The second-order valence-corrected chi connectivity index (χ2v) is 6.74. The standard InChI is InChI=1S/C17H19Cl2FN2O/c1-11(12-4-7-23-8-5-12)22-6-2-3-14(18)17(22)13-9-16(20)21-10-15(13)19/h2-3,9-12H,4-8H2,1H3/t11-/m0/s1. The Labute approximate surface area is 145 Å². The first-order valence-electron chi connectivity index (χ1n) is 7.80. The molecule has 0 amide bonds. The Morgan fingerprint density at radius 3 is 2.83 bits per heavy atom. The Kier molecular flexibility index (Phi) is 5.24. The van der Waals surface area contributed by atoms with Gasteiger partial charge >= 0.3 is 0 Å². The van der Waals surface area contributed by atoms with Crippen LogP contribution in [0.15, 0.2) is 29.4 Å². The molecule has 3 rings (SSSR count). The molecule has 0 spiro atoms. The molecule has 1 saturated heterocycles. The van der Waals surface area contributed by atoms with E-state index in [1.165, 1.54) is 12.3 Å². The summed E-state index contributed by atoms with van der Waals surface area (Å²) in [6, 6.07) is 1.61. The molecule has 0 aromatic carbocycles. The van der Waals surface area contributed by atoms with E-state index >= 15 is 0 Å². The summed E-state index contributed by atoms with van der Waals surface area (Å²) in [5, 5.41) is 0.974. The first kappa shape index (κ1) is 16.7. The van der Waals surface area contributed by atoms with Gasteiger partial charge in [-0.05, 0) is 31.8 Å². The second-order valence-electron chi connectivity index (χ2n) is 5.93. The van der Waals surface area contributed by atoms with Crippen molar-refractivity contribution in [3.8, 4) is 0 Å². The minimum Gasteiger partial charge on any atom is -0.381 e. The number of nitrogens with zero attached hydrogens (tertiary/aromatic N) is 2. The third kappa shape index (κ3) is 3.54. The molecule has 0 aliphatic carbocycles. The molecule has 0 saturated carbocycles. The van der Waals surface area contributed by atoms with E-state index in [0.717, 1.165) is 38.3 Å². The molecular formula is C17H19Cl2FN2O. The number of ether oxygens (including phenoxy) is 1. The van der Waals surface area contributed by atoms with Crippen LogP contribution in [0.5, 0.6) is 0 Å². The molecule has 0 radical (unpaired) electrons. The van der Waals surface area contributed by atoms with Crippen LogP contribution >= 0.6 is 23.2 Å². The SMILES string of the molecule is C[C@@H](C1CCOCC1)N1CC=CC(Cl)=C1c1cc(F)ncc1Cl. The highest BCUT2D eigenvalue weighted by molar-refractivity contribution is 6.36. The van der Waals surface area contributed by atoms with E-state index < -0.39 is 5.95 Å². The number of aromatic nitrogens is 1. The Morgan fingerprint density at radius 2 is 2.09 bits per heavy atom. The smallest absolute Gasteiger partial charge is 0.213 e. The van der Waals surface area contributed by atoms with E-state index in [4.69, 9.17) is 27.9 Å².